The summed E-state index contributed by atoms with van der Waals surface area (Å²) in [6.45, 7) is 1.48. The van der Waals surface area contributed by atoms with Crippen LogP contribution in [0.3, 0.4) is 0 Å². The molecule has 3 aromatic rings. The van der Waals surface area contributed by atoms with Crippen molar-refractivity contribution in [3.05, 3.63) is 90.0 Å². The molecule has 30 heavy (non-hydrogen) atoms. The lowest BCUT2D eigenvalue weighted by Gasteiger charge is -2.28. The predicted molar refractivity (Wildman–Crippen MR) is 115 cm³/mol. The fraction of sp³-hybridized carbons (Fsp3) is 0.182. The van der Waals surface area contributed by atoms with E-state index in [0.717, 1.165) is 40.2 Å². The van der Waals surface area contributed by atoms with Crippen LogP contribution >= 0.6 is 0 Å². The largest absolute Gasteiger partial charge is 0.324 e. The summed E-state index contributed by atoms with van der Waals surface area (Å²) in [5.41, 5.74) is 2.96. The number of halogens is 1. The number of sulfonamides is 1. The Hall–Kier alpha value is -3.26. The number of rotatable bonds is 7. The number of anilines is 2. The average Bonchev–Trinajstić information content (AvgIpc) is 2.71. The van der Waals surface area contributed by atoms with Gasteiger partial charge in [-0.15, -0.1) is 0 Å². The van der Waals surface area contributed by atoms with Gasteiger partial charge in [0.25, 0.3) is 0 Å². The van der Waals surface area contributed by atoms with Crippen molar-refractivity contribution in [2.45, 2.75) is 19.4 Å². The molecule has 1 aromatic heterocycles. The van der Waals surface area contributed by atoms with Crippen LogP contribution in [0.15, 0.2) is 73.1 Å². The quantitative estimate of drug-likeness (QED) is 0.625. The van der Waals surface area contributed by atoms with Gasteiger partial charge in [0.2, 0.25) is 15.9 Å². The van der Waals surface area contributed by atoms with Gasteiger partial charge in [0.05, 0.1) is 11.9 Å². The van der Waals surface area contributed by atoms with Gasteiger partial charge < -0.3 is 5.32 Å². The molecule has 0 radical (unpaired) electrons. The van der Waals surface area contributed by atoms with E-state index in [1.165, 1.54) is 19.1 Å². The minimum Gasteiger partial charge on any atom is -0.324 e. The third-order valence-corrected chi connectivity index (χ3v) is 5.79. The summed E-state index contributed by atoms with van der Waals surface area (Å²) in [6, 6.07) is 15.1. The number of hydrogen-bond acceptors (Lipinski definition) is 4. The number of carbonyl (C=O) groups excluding carboxylic acids is 1. The lowest BCUT2D eigenvalue weighted by atomic mass is 10.1. The van der Waals surface area contributed by atoms with E-state index in [4.69, 9.17) is 0 Å². The SMILES string of the molecule is C[C@@H](C(=O)Nc1ccc(Cc2ccncc2)cc1)N(c1ccc(F)cc1)S(C)(=O)=O. The highest BCUT2D eigenvalue weighted by Crippen LogP contribution is 2.22. The van der Waals surface area contributed by atoms with E-state index in [0.29, 0.717) is 5.69 Å². The zero-order valence-electron chi connectivity index (χ0n) is 16.6. The highest BCUT2D eigenvalue weighted by Gasteiger charge is 2.29. The zero-order valence-corrected chi connectivity index (χ0v) is 17.4. The second-order valence-electron chi connectivity index (χ2n) is 6.93. The van der Waals surface area contributed by atoms with Crippen molar-refractivity contribution in [1.82, 2.24) is 4.98 Å². The van der Waals surface area contributed by atoms with Crippen molar-refractivity contribution in [2.75, 3.05) is 15.9 Å². The van der Waals surface area contributed by atoms with Crippen LogP contribution in [-0.2, 0) is 21.2 Å². The maximum Gasteiger partial charge on any atom is 0.247 e. The Morgan fingerprint density at radius 3 is 2.13 bits per heavy atom. The maximum atomic E-state index is 13.2. The first-order chi connectivity index (χ1) is 14.2. The molecule has 2 aromatic carbocycles. The third kappa shape index (κ3) is 5.42. The molecule has 8 heteroatoms. The number of benzene rings is 2. The van der Waals surface area contributed by atoms with Crippen molar-refractivity contribution in [1.29, 1.82) is 0 Å². The van der Waals surface area contributed by atoms with E-state index >= 15 is 0 Å². The first kappa shape index (κ1) is 21.4. The molecule has 0 bridgehead atoms. The smallest absolute Gasteiger partial charge is 0.247 e. The van der Waals surface area contributed by atoms with Crippen LogP contribution in [-0.4, -0.2) is 31.6 Å². The summed E-state index contributed by atoms with van der Waals surface area (Å²) in [7, 11) is -3.76. The van der Waals surface area contributed by atoms with Crippen LogP contribution in [0.1, 0.15) is 18.1 Å². The first-order valence-electron chi connectivity index (χ1n) is 9.28. The van der Waals surface area contributed by atoms with Gasteiger partial charge >= 0.3 is 0 Å². The van der Waals surface area contributed by atoms with E-state index in [1.807, 2.05) is 24.3 Å². The van der Waals surface area contributed by atoms with Gasteiger partial charge in [-0.25, -0.2) is 12.8 Å². The molecular formula is C22H22FN3O3S. The Balaban J connectivity index is 1.72. The van der Waals surface area contributed by atoms with Gasteiger partial charge in [0.1, 0.15) is 11.9 Å². The van der Waals surface area contributed by atoms with Crippen LogP contribution in [0, 0.1) is 5.82 Å². The van der Waals surface area contributed by atoms with Crippen LogP contribution in [0.25, 0.3) is 0 Å². The Morgan fingerprint density at radius 1 is 1.00 bits per heavy atom. The van der Waals surface area contributed by atoms with Crippen molar-refractivity contribution < 1.29 is 17.6 Å². The molecule has 1 heterocycles. The van der Waals surface area contributed by atoms with Crippen LogP contribution < -0.4 is 9.62 Å². The molecule has 0 aliphatic rings. The van der Waals surface area contributed by atoms with Gasteiger partial charge in [-0.3, -0.25) is 14.1 Å². The van der Waals surface area contributed by atoms with Gasteiger partial charge in [0, 0.05) is 18.1 Å². The van der Waals surface area contributed by atoms with Crippen LogP contribution in [0.2, 0.25) is 0 Å². The van der Waals surface area contributed by atoms with Gasteiger partial charge in [-0.2, -0.15) is 0 Å². The molecule has 3 rings (SSSR count). The molecule has 1 N–H and O–H groups in total. The minimum atomic E-state index is -3.76. The summed E-state index contributed by atoms with van der Waals surface area (Å²) >= 11 is 0. The number of hydrogen-bond donors (Lipinski definition) is 1. The molecule has 0 saturated heterocycles. The number of aromatic nitrogens is 1. The van der Waals surface area contributed by atoms with E-state index < -0.39 is 27.8 Å². The Labute approximate surface area is 175 Å². The normalized spacial score (nSPS) is 12.2. The van der Waals surface area contributed by atoms with Crippen molar-refractivity contribution in [3.8, 4) is 0 Å². The number of amides is 1. The second-order valence-corrected chi connectivity index (χ2v) is 8.79. The molecule has 1 amide bonds. The fourth-order valence-corrected chi connectivity index (χ4v) is 4.26. The molecule has 0 aliphatic carbocycles. The standard InChI is InChI=1S/C22H22FN3O3S/c1-16(26(30(2,28)29)21-9-5-19(23)6-10-21)22(27)25-20-7-3-17(4-8-20)15-18-11-13-24-14-12-18/h3-14,16H,15H2,1-2H3,(H,25,27)/t16-/m0/s1. The predicted octanol–water partition coefficient (Wildman–Crippen LogP) is 3.60. The lowest BCUT2D eigenvalue weighted by molar-refractivity contribution is -0.116. The molecule has 0 spiro atoms. The summed E-state index contributed by atoms with van der Waals surface area (Å²) < 4.78 is 38.7. The fourth-order valence-electron chi connectivity index (χ4n) is 3.09. The maximum absolute atomic E-state index is 13.2. The topological polar surface area (TPSA) is 79.4 Å². The Bertz CT molecular complexity index is 1100. The Kier molecular flexibility index (Phi) is 6.47. The zero-order chi connectivity index (χ0) is 21.7. The molecule has 6 nitrogen and oxygen atoms in total. The van der Waals surface area contributed by atoms with Crippen LogP contribution in [0.5, 0.6) is 0 Å². The molecular weight excluding hydrogens is 405 g/mol. The molecule has 0 saturated carbocycles. The number of pyridine rings is 1. The monoisotopic (exact) mass is 427 g/mol. The van der Waals surface area contributed by atoms with Crippen molar-refractivity contribution in [2.24, 2.45) is 0 Å². The first-order valence-corrected chi connectivity index (χ1v) is 11.1. The van der Waals surface area contributed by atoms with Gasteiger partial charge in [0.15, 0.2) is 0 Å². The summed E-state index contributed by atoms with van der Waals surface area (Å²) in [4.78, 5) is 16.7. The molecule has 1 atom stereocenters. The van der Waals surface area contributed by atoms with Gasteiger partial charge in [-0.05, 0) is 73.0 Å². The highest BCUT2D eigenvalue weighted by molar-refractivity contribution is 7.92. The summed E-state index contributed by atoms with van der Waals surface area (Å²) in [5, 5.41) is 2.74. The van der Waals surface area contributed by atoms with E-state index in [-0.39, 0.29) is 5.69 Å². The molecule has 0 fully saturated rings. The average molecular weight is 428 g/mol. The van der Waals surface area contributed by atoms with Crippen molar-refractivity contribution in [3.63, 3.8) is 0 Å². The molecule has 0 aliphatic heterocycles. The number of carbonyl (C=O) groups is 1. The molecule has 0 unspecified atom stereocenters. The van der Waals surface area contributed by atoms with E-state index in [1.54, 1.807) is 24.5 Å². The van der Waals surface area contributed by atoms with Crippen molar-refractivity contribution >= 4 is 27.3 Å². The summed E-state index contributed by atoms with van der Waals surface area (Å²) in [6.07, 6.45) is 5.22. The number of nitrogens with one attached hydrogen (secondary N) is 1. The second kappa shape index (κ2) is 9.04. The molecule has 156 valence electrons. The third-order valence-electron chi connectivity index (χ3n) is 4.55. The van der Waals surface area contributed by atoms with E-state index in [2.05, 4.69) is 10.3 Å². The number of nitrogens with zero attached hydrogens (tertiary/aromatic N) is 2. The van der Waals surface area contributed by atoms with Crippen LogP contribution in [0.4, 0.5) is 15.8 Å². The van der Waals surface area contributed by atoms with Gasteiger partial charge in [-0.1, -0.05) is 12.1 Å². The Morgan fingerprint density at radius 2 is 1.57 bits per heavy atom. The minimum absolute atomic E-state index is 0.217. The lowest BCUT2D eigenvalue weighted by Crippen LogP contribution is -2.45. The summed E-state index contributed by atoms with van der Waals surface area (Å²) in [5.74, 6) is -0.984. The highest BCUT2D eigenvalue weighted by atomic mass is 32.2. The van der Waals surface area contributed by atoms with E-state index in [9.17, 15) is 17.6 Å².